The topological polar surface area (TPSA) is 126 Å². The number of nitrogens with one attached hydrogen (secondary N) is 2. The number of halogens is 1. The number of carbonyl (C=O) groups excluding carboxylic acids is 3. The monoisotopic (exact) mass is 525 g/mol. The van der Waals surface area contributed by atoms with E-state index in [1.807, 2.05) is 30.3 Å². The number of carbonyl (C=O) groups is 3. The van der Waals surface area contributed by atoms with Crippen LogP contribution in [0.5, 0.6) is 0 Å². The van der Waals surface area contributed by atoms with E-state index in [0.29, 0.717) is 5.69 Å². The lowest BCUT2D eigenvalue weighted by molar-refractivity contribution is -0.119. The molecule has 3 N–H and O–H groups in total. The quantitative estimate of drug-likeness (QED) is 0.329. The Morgan fingerprint density at radius 2 is 1.92 bits per heavy atom. The van der Waals surface area contributed by atoms with Gasteiger partial charge in [0.2, 0.25) is 11.8 Å². The lowest BCUT2D eigenvalue weighted by Crippen LogP contribution is -2.55. The van der Waals surface area contributed by atoms with Gasteiger partial charge in [0.05, 0.1) is 32.0 Å². The molecule has 2 saturated heterocycles. The fourth-order valence-corrected chi connectivity index (χ4v) is 4.06. The van der Waals surface area contributed by atoms with Crippen LogP contribution in [0.15, 0.2) is 54.6 Å². The zero-order valence-electron chi connectivity index (χ0n) is 20.9. The summed E-state index contributed by atoms with van der Waals surface area (Å²) in [6.45, 7) is 1.67. The van der Waals surface area contributed by atoms with Crippen LogP contribution in [0.3, 0.4) is 0 Å². The number of anilines is 1. The van der Waals surface area contributed by atoms with Crippen molar-refractivity contribution in [2.24, 2.45) is 0 Å². The molecule has 2 aromatic rings. The van der Waals surface area contributed by atoms with Gasteiger partial charge in [0.15, 0.2) is 0 Å². The average Bonchev–Trinajstić information content (AvgIpc) is 3.28. The Morgan fingerprint density at radius 1 is 1.18 bits per heavy atom. The molecule has 4 rings (SSSR count). The van der Waals surface area contributed by atoms with E-state index in [2.05, 4.69) is 10.6 Å². The minimum atomic E-state index is -1.34. The molecule has 2 aromatic carbocycles. The summed E-state index contributed by atoms with van der Waals surface area (Å²) in [5.74, 6) is -1.18. The first-order chi connectivity index (χ1) is 18.2. The number of benzene rings is 2. The van der Waals surface area contributed by atoms with Crippen molar-refractivity contribution >= 4 is 42.3 Å². The molecule has 0 saturated carbocycles. The molecular formula is C26H29BFN3O7. The van der Waals surface area contributed by atoms with Crippen LogP contribution in [0.4, 0.5) is 14.9 Å². The van der Waals surface area contributed by atoms with Crippen molar-refractivity contribution in [1.29, 1.82) is 0 Å². The van der Waals surface area contributed by atoms with Crippen molar-refractivity contribution < 1.29 is 37.9 Å². The van der Waals surface area contributed by atoms with Gasteiger partial charge in [-0.05, 0) is 30.2 Å². The molecule has 12 heteroatoms. The van der Waals surface area contributed by atoms with E-state index in [-0.39, 0.29) is 56.5 Å². The largest absolute Gasteiger partial charge is 0.497 e. The molecule has 0 bridgehead atoms. The molecule has 10 nitrogen and oxygen atoms in total. The molecule has 0 radical (unpaired) electrons. The van der Waals surface area contributed by atoms with Crippen LogP contribution in [0, 0.1) is 5.82 Å². The van der Waals surface area contributed by atoms with E-state index >= 15 is 0 Å². The van der Waals surface area contributed by atoms with Gasteiger partial charge in [-0.25, -0.2) is 9.18 Å². The van der Waals surface area contributed by atoms with Gasteiger partial charge in [0, 0.05) is 25.0 Å². The second-order valence-corrected chi connectivity index (χ2v) is 9.22. The van der Waals surface area contributed by atoms with Crippen LogP contribution in [-0.2, 0) is 23.6 Å². The number of amides is 3. The van der Waals surface area contributed by atoms with Gasteiger partial charge in [-0.15, -0.1) is 0 Å². The third kappa shape index (κ3) is 7.18. The minimum absolute atomic E-state index is 0.113. The molecule has 1 atom stereocenters. The molecule has 2 aliphatic heterocycles. The first-order valence-corrected chi connectivity index (χ1v) is 12.2. The summed E-state index contributed by atoms with van der Waals surface area (Å²) in [4.78, 5) is 36.6. The van der Waals surface area contributed by atoms with Crippen LogP contribution >= 0.6 is 0 Å². The molecule has 2 fully saturated rings. The number of hydrogen-bond donors (Lipinski definition) is 3. The highest BCUT2D eigenvalue weighted by atomic mass is 19.1. The van der Waals surface area contributed by atoms with E-state index in [4.69, 9.17) is 14.0 Å². The second kappa shape index (κ2) is 12.2. The van der Waals surface area contributed by atoms with Crippen molar-refractivity contribution in [2.45, 2.75) is 25.0 Å². The Kier molecular flexibility index (Phi) is 8.77. The first-order valence-electron chi connectivity index (χ1n) is 12.2. The van der Waals surface area contributed by atoms with Crippen molar-refractivity contribution in [2.75, 3.05) is 37.7 Å². The van der Waals surface area contributed by atoms with Crippen LogP contribution in [0.2, 0.25) is 0 Å². The predicted molar refractivity (Wildman–Crippen MR) is 138 cm³/mol. The van der Waals surface area contributed by atoms with Gasteiger partial charge in [-0.2, -0.15) is 0 Å². The molecule has 3 amide bonds. The third-order valence-corrected chi connectivity index (χ3v) is 6.13. The van der Waals surface area contributed by atoms with Gasteiger partial charge in [-0.3, -0.25) is 14.5 Å². The second-order valence-electron chi connectivity index (χ2n) is 9.22. The van der Waals surface area contributed by atoms with E-state index in [1.54, 1.807) is 12.1 Å². The van der Waals surface area contributed by atoms with Crippen LogP contribution in [-0.4, -0.2) is 74.7 Å². The number of ether oxygens (including phenoxy) is 1. The Morgan fingerprint density at radius 3 is 2.61 bits per heavy atom. The summed E-state index contributed by atoms with van der Waals surface area (Å²) in [5, 5.41) is 16.0. The maximum atomic E-state index is 14.9. The van der Waals surface area contributed by atoms with Crippen LogP contribution in [0.25, 0.3) is 6.08 Å². The van der Waals surface area contributed by atoms with E-state index in [0.717, 1.165) is 5.56 Å². The summed E-state index contributed by atoms with van der Waals surface area (Å²) in [7, 11) is -1.04. The van der Waals surface area contributed by atoms with Crippen LogP contribution < -0.4 is 21.0 Å². The summed E-state index contributed by atoms with van der Waals surface area (Å²) >= 11 is 0. The minimum Gasteiger partial charge on any atom is -0.442 e. The van der Waals surface area contributed by atoms with Gasteiger partial charge < -0.3 is 29.8 Å². The highest BCUT2D eigenvalue weighted by Crippen LogP contribution is 2.23. The standard InChI is InChI=1S/C26H29BFN3O7/c1-18(32)30-14-21-15-31(25(34)38-21)20-8-9-22(23(28)13-20)27-36-16-26(35,17-37-27)11-12-29-24(33)10-7-19-5-3-2-4-6-19/h2-10,13,21,35H,11-12,14-17H2,1H3,(H,29,33)(H,30,32)/b10-7+/t21-/m0/s1. The Labute approximate surface area is 219 Å². The summed E-state index contributed by atoms with van der Waals surface area (Å²) < 4.78 is 31.3. The van der Waals surface area contributed by atoms with Crippen LogP contribution in [0.1, 0.15) is 18.9 Å². The van der Waals surface area contributed by atoms with Crippen molar-refractivity contribution in [3.05, 3.63) is 66.0 Å². The number of rotatable bonds is 9. The Balaban J connectivity index is 1.25. The zero-order chi connectivity index (χ0) is 27.1. The summed E-state index contributed by atoms with van der Waals surface area (Å²) in [6, 6.07) is 13.6. The number of aliphatic hydroxyl groups is 1. The maximum absolute atomic E-state index is 14.9. The molecule has 0 aromatic heterocycles. The fourth-order valence-electron chi connectivity index (χ4n) is 4.06. The highest BCUT2D eigenvalue weighted by molar-refractivity contribution is 6.61. The van der Waals surface area contributed by atoms with Gasteiger partial charge in [0.25, 0.3) is 0 Å². The zero-order valence-corrected chi connectivity index (χ0v) is 20.9. The number of nitrogens with zero attached hydrogens (tertiary/aromatic N) is 1. The van der Waals surface area contributed by atoms with Crippen molar-refractivity contribution in [3.63, 3.8) is 0 Å². The average molecular weight is 525 g/mol. The van der Waals surface area contributed by atoms with E-state index in [1.165, 1.54) is 30.0 Å². The van der Waals surface area contributed by atoms with Gasteiger partial charge in [0.1, 0.15) is 17.5 Å². The first kappa shape index (κ1) is 27.3. The van der Waals surface area contributed by atoms with E-state index in [9.17, 15) is 23.9 Å². The summed E-state index contributed by atoms with van der Waals surface area (Å²) in [5.41, 5.74) is -0.0254. The number of hydrogen-bond acceptors (Lipinski definition) is 7. The molecule has 38 heavy (non-hydrogen) atoms. The Hall–Kier alpha value is -3.74. The molecule has 2 heterocycles. The third-order valence-electron chi connectivity index (χ3n) is 6.13. The molecule has 0 aliphatic carbocycles. The molecule has 200 valence electrons. The van der Waals surface area contributed by atoms with Gasteiger partial charge >= 0.3 is 13.2 Å². The van der Waals surface area contributed by atoms with Crippen molar-refractivity contribution in [3.8, 4) is 0 Å². The SMILES string of the molecule is CC(=O)NC[C@H]1CN(c2ccc(B3OCC(O)(CCNC(=O)/C=C/c4ccccc4)CO3)c(F)c2)C(=O)O1. The molecular weight excluding hydrogens is 496 g/mol. The maximum Gasteiger partial charge on any atom is 0.497 e. The summed E-state index contributed by atoms with van der Waals surface area (Å²) in [6.07, 6.45) is 2.12. The molecule has 0 spiro atoms. The predicted octanol–water partition coefficient (Wildman–Crippen LogP) is 0.980. The van der Waals surface area contributed by atoms with Crippen molar-refractivity contribution in [1.82, 2.24) is 10.6 Å². The highest BCUT2D eigenvalue weighted by Gasteiger charge is 2.40. The Bertz CT molecular complexity index is 1190. The normalized spacial score (nSPS) is 18.9. The molecule has 2 aliphatic rings. The lowest BCUT2D eigenvalue weighted by atomic mass is 9.76. The van der Waals surface area contributed by atoms with E-state index < -0.39 is 30.7 Å². The fraction of sp³-hybridized carbons (Fsp3) is 0.346. The lowest BCUT2D eigenvalue weighted by Gasteiger charge is -2.35. The number of cyclic esters (lactones) is 1. The van der Waals surface area contributed by atoms with Gasteiger partial charge in [-0.1, -0.05) is 36.4 Å². The molecule has 0 unspecified atom stereocenters. The smallest absolute Gasteiger partial charge is 0.442 e.